The summed E-state index contributed by atoms with van der Waals surface area (Å²) in [6, 6.07) is 7.74. The number of carbonyl (C=O) groups is 1. The van der Waals surface area contributed by atoms with Gasteiger partial charge < -0.3 is 4.90 Å². The molecule has 0 aromatic heterocycles. The molecule has 1 amide bonds. The zero-order chi connectivity index (χ0) is 13.0. The Hall–Kier alpha value is -0.610. The molecule has 0 bridgehead atoms. The highest BCUT2D eigenvalue weighted by Gasteiger charge is 2.16. The number of benzene rings is 1. The fraction of sp³-hybridized carbons (Fsp3) is 0.333. The van der Waals surface area contributed by atoms with Gasteiger partial charge >= 0.3 is 0 Å². The van der Waals surface area contributed by atoms with E-state index in [1.54, 1.807) is 18.9 Å². The lowest BCUT2D eigenvalue weighted by molar-refractivity contribution is 0.0784. The van der Waals surface area contributed by atoms with Gasteiger partial charge in [-0.05, 0) is 63.6 Å². The molecule has 0 aliphatic carbocycles. The average Bonchev–Trinajstić information content (AvgIpc) is 2.31. The van der Waals surface area contributed by atoms with Crippen molar-refractivity contribution in [2.45, 2.75) is 6.92 Å². The van der Waals surface area contributed by atoms with Crippen LogP contribution >= 0.6 is 38.5 Å². The normalized spacial score (nSPS) is 11.7. The Morgan fingerprint density at radius 1 is 1.65 bits per heavy atom. The minimum absolute atomic E-state index is 0.0718. The molecule has 17 heavy (non-hydrogen) atoms. The van der Waals surface area contributed by atoms with Crippen LogP contribution in [0.3, 0.4) is 0 Å². The lowest BCUT2D eigenvalue weighted by atomic mass is 10.1. The van der Waals surface area contributed by atoms with Crippen LogP contribution in [-0.2, 0) is 0 Å². The van der Waals surface area contributed by atoms with Crippen LogP contribution in [0.5, 0.6) is 0 Å². The molecule has 0 saturated heterocycles. The molecule has 0 N–H and O–H groups in total. The summed E-state index contributed by atoms with van der Waals surface area (Å²) in [5, 5.41) is 8.74. The minimum Gasteiger partial charge on any atom is -0.340 e. The van der Waals surface area contributed by atoms with Crippen LogP contribution in [0.1, 0.15) is 17.3 Å². The van der Waals surface area contributed by atoms with Crippen molar-refractivity contribution in [3.05, 3.63) is 31.8 Å². The van der Waals surface area contributed by atoms with E-state index in [1.807, 2.05) is 18.2 Å². The zero-order valence-corrected chi connectivity index (χ0v) is 13.3. The van der Waals surface area contributed by atoms with Crippen LogP contribution in [0, 0.1) is 20.8 Å². The summed E-state index contributed by atoms with van der Waals surface area (Å²) < 4.78 is 1.79. The molecule has 0 aliphatic heterocycles. The van der Waals surface area contributed by atoms with E-state index in [0.29, 0.717) is 12.1 Å². The number of nitrogens with zero attached hydrogens (tertiary/aromatic N) is 2. The van der Waals surface area contributed by atoms with Crippen molar-refractivity contribution in [2.75, 3.05) is 13.6 Å². The first-order valence-electron chi connectivity index (χ1n) is 5.06. The van der Waals surface area contributed by atoms with Crippen molar-refractivity contribution in [3.63, 3.8) is 0 Å². The molecule has 0 spiro atoms. The van der Waals surface area contributed by atoms with Crippen LogP contribution in [0.2, 0.25) is 0 Å². The Kier molecular flexibility index (Phi) is 5.40. The smallest absolute Gasteiger partial charge is 0.254 e. The lowest BCUT2D eigenvalue weighted by Gasteiger charge is -2.19. The van der Waals surface area contributed by atoms with Crippen LogP contribution in [-0.4, -0.2) is 24.4 Å². The lowest BCUT2D eigenvalue weighted by Crippen LogP contribution is -2.30. The van der Waals surface area contributed by atoms with Crippen molar-refractivity contribution in [1.82, 2.24) is 4.90 Å². The summed E-state index contributed by atoms with van der Waals surface area (Å²) in [4.78, 5) is 13.7. The van der Waals surface area contributed by atoms with E-state index in [1.165, 1.54) is 0 Å². The van der Waals surface area contributed by atoms with Gasteiger partial charge in [0.25, 0.3) is 5.91 Å². The number of halogens is 2. The van der Waals surface area contributed by atoms with Gasteiger partial charge in [-0.1, -0.05) is 0 Å². The summed E-state index contributed by atoms with van der Waals surface area (Å²) in [6.45, 7) is 2.24. The first-order chi connectivity index (χ1) is 7.95. The predicted molar refractivity (Wildman–Crippen MR) is 78.6 cm³/mol. The molecule has 1 rings (SSSR count). The quantitative estimate of drug-likeness (QED) is 0.723. The highest BCUT2D eigenvalue weighted by Crippen LogP contribution is 2.21. The number of carbonyl (C=O) groups excluding carboxylic acids is 1. The van der Waals surface area contributed by atoms with Gasteiger partial charge in [0.2, 0.25) is 0 Å². The molecule has 3 nitrogen and oxygen atoms in total. The van der Waals surface area contributed by atoms with E-state index in [2.05, 4.69) is 44.6 Å². The number of hydrogen-bond donors (Lipinski definition) is 0. The van der Waals surface area contributed by atoms with Crippen molar-refractivity contribution >= 4 is 44.4 Å². The van der Waals surface area contributed by atoms with Crippen LogP contribution in [0.25, 0.3) is 0 Å². The van der Waals surface area contributed by atoms with Crippen molar-refractivity contribution in [2.24, 2.45) is 5.92 Å². The highest BCUT2D eigenvalue weighted by molar-refractivity contribution is 14.1. The fourth-order valence-corrected chi connectivity index (χ4v) is 2.31. The van der Waals surface area contributed by atoms with Gasteiger partial charge in [0.05, 0.1) is 17.6 Å². The maximum Gasteiger partial charge on any atom is 0.254 e. The second-order valence-electron chi connectivity index (χ2n) is 3.84. The Balaban J connectivity index is 2.89. The zero-order valence-electron chi connectivity index (χ0n) is 9.58. The predicted octanol–water partition coefficient (Wildman–Crippen LogP) is 3.29. The molecule has 90 valence electrons. The summed E-state index contributed by atoms with van der Waals surface area (Å²) in [5.74, 6) is -0.233. The number of amides is 1. The van der Waals surface area contributed by atoms with Crippen LogP contribution in [0.15, 0.2) is 22.7 Å². The molecule has 1 aromatic rings. The van der Waals surface area contributed by atoms with E-state index in [-0.39, 0.29) is 11.8 Å². The third-order valence-electron chi connectivity index (χ3n) is 2.27. The Bertz CT molecular complexity index is 470. The van der Waals surface area contributed by atoms with Crippen molar-refractivity contribution < 1.29 is 4.79 Å². The number of hydrogen-bond acceptors (Lipinski definition) is 2. The Labute approximate surface area is 123 Å². The maximum absolute atomic E-state index is 12.2. The third-order valence-corrected chi connectivity index (χ3v) is 3.64. The Morgan fingerprint density at radius 2 is 2.29 bits per heavy atom. The molecule has 5 heteroatoms. The van der Waals surface area contributed by atoms with E-state index in [0.717, 1.165) is 8.04 Å². The van der Waals surface area contributed by atoms with Crippen molar-refractivity contribution in [3.8, 4) is 6.07 Å². The van der Waals surface area contributed by atoms with Crippen LogP contribution in [0.4, 0.5) is 0 Å². The van der Waals surface area contributed by atoms with Crippen LogP contribution < -0.4 is 0 Å². The molecule has 1 atom stereocenters. The van der Waals surface area contributed by atoms with Gasteiger partial charge in [-0.25, -0.2) is 0 Å². The fourth-order valence-electron chi connectivity index (χ4n) is 1.40. The van der Waals surface area contributed by atoms with E-state index >= 15 is 0 Å². The summed E-state index contributed by atoms with van der Waals surface area (Å²) in [5.41, 5.74) is 0.629. The Morgan fingerprint density at radius 3 is 2.88 bits per heavy atom. The van der Waals surface area contributed by atoms with Gasteiger partial charge in [0.15, 0.2) is 0 Å². The van der Waals surface area contributed by atoms with Gasteiger partial charge in [-0.15, -0.1) is 0 Å². The van der Waals surface area contributed by atoms with E-state index < -0.39 is 0 Å². The molecule has 0 heterocycles. The standard InChI is InChI=1S/C12H12BrIN2O/c1-8(6-15)7-16(2)12(17)10-5-9(14)3-4-11(10)13/h3-5,8H,7H2,1-2H3. The first kappa shape index (κ1) is 14.5. The molecule has 1 aromatic carbocycles. The topological polar surface area (TPSA) is 44.1 Å². The van der Waals surface area contributed by atoms with Gasteiger partial charge in [0, 0.05) is 21.6 Å². The summed E-state index contributed by atoms with van der Waals surface area (Å²) in [7, 11) is 1.71. The maximum atomic E-state index is 12.2. The molecule has 0 fully saturated rings. The van der Waals surface area contributed by atoms with Gasteiger partial charge in [0.1, 0.15) is 0 Å². The molecular formula is C12H12BrIN2O. The second-order valence-corrected chi connectivity index (χ2v) is 5.94. The SMILES string of the molecule is CC(C#N)CN(C)C(=O)c1cc(I)ccc1Br. The minimum atomic E-state index is -0.162. The van der Waals surface area contributed by atoms with Gasteiger partial charge in [-0.3, -0.25) is 4.79 Å². The largest absolute Gasteiger partial charge is 0.340 e. The first-order valence-corrected chi connectivity index (χ1v) is 6.93. The molecule has 0 saturated carbocycles. The second kappa shape index (κ2) is 6.36. The highest BCUT2D eigenvalue weighted by atomic mass is 127. The monoisotopic (exact) mass is 406 g/mol. The molecule has 0 radical (unpaired) electrons. The van der Waals surface area contributed by atoms with E-state index in [9.17, 15) is 4.79 Å². The number of nitriles is 1. The number of rotatable bonds is 3. The molecule has 0 aliphatic rings. The summed E-state index contributed by atoms with van der Waals surface area (Å²) in [6.07, 6.45) is 0. The molecule has 1 unspecified atom stereocenters. The summed E-state index contributed by atoms with van der Waals surface area (Å²) >= 11 is 5.53. The van der Waals surface area contributed by atoms with Gasteiger partial charge in [-0.2, -0.15) is 5.26 Å². The van der Waals surface area contributed by atoms with Crippen molar-refractivity contribution in [1.29, 1.82) is 5.26 Å². The third kappa shape index (κ3) is 3.96. The van der Waals surface area contributed by atoms with E-state index in [4.69, 9.17) is 5.26 Å². The molecular weight excluding hydrogens is 395 g/mol. The average molecular weight is 407 g/mol.